The number of rotatable bonds is 1. The van der Waals surface area contributed by atoms with Crippen LogP contribution in [0.5, 0.6) is 0 Å². The average Bonchev–Trinajstić information content (AvgIpc) is 2.54. The van der Waals surface area contributed by atoms with Crippen molar-refractivity contribution in [2.24, 2.45) is 0 Å². The third-order valence-electron chi connectivity index (χ3n) is 3.51. The van der Waals surface area contributed by atoms with Crippen molar-refractivity contribution in [1.82, 2.24) is 9.97 Å². The SMILES string of the molecule is O=c1ccc2cc(-c3nc4ccccc4c(=O)[nH]3)ccc2o1. The van der Waals surface area contributed by atoms with Gasteiger partial charge in [-0.3, -0.25) is 4.79 Å². The lowest BCUT2D eigenvalue weighted by Gasteiger charge is -2.04. The summed E-state index contributed by atoms with van der Waals surface area (Å²) in [6.07, 6.45) is 0. The Morgan fingerprint density at radius 2 is 1.82 bits per heavy atom. The van der Waals surface area contributed by atoms with Gasteiger partial charge in [-0.05, 0) is 36.4 Å². The Morgan fingerprint density at radius 3 is 2.73 bits per heavy atom. The van der Waals surface area contributed by atoms with E-state index in [4.69, 9.17) is 4.42 Å². The first-order valence-corrected chi connectivity index (χ1v) is 6.74. The monoisotopic (exact) mass is 290 g/mol. The number of nitrogens with one attached hydrogen (secondary N) is 1. The Labute approximate surface area is 123 Å². The van der Waals surface area contributed by atoms with E-state index in [1.165, 1.54) is 6.07 Å². The minimum atomic E-state index is -0.391. The molecule has 106 valence electrons. The minimum Gasteiger partial charge on any atom is -0.423 e. The van der Waals surface area contributed by atoms with Crippen LogP contribution < -0.4 is 11.2 Å². The Morgan fingerprint density at radius 1 is 0.955 bits per heavy atom. The van der Waals surface area contributed by atoms with Gasteiger partial charge in [0, 0.05) is 17.0 Å². The van der Waals surface area contributed by atoms with Crippen LogP contribution >= 0.6 is 0 Å². The molecule has 5 heteroatoms. The van der Waals surface area contributed by atoms with Crippen molar-refractivity contribution in [3.8, 4) is 11.4 Å². The van der Waals surface area contributed by atoms with Crippen molar-refractivity contribution in [3.05, 3.63) is 75.4 Å². The molecule has 4 rings (SSSR count). The number of hydrogen-bond acceptors (Lipinski definition) is 4. The summed E-state index contributed by atoms with van der Waals surface area (Å²) < 4.78 is 5.10. The Kier molecular flexibility index (Phi) is 2.66. The smallest absolute Gasteiger partial charge is 0.336 e. The maximum absolute atomic E-state index is 12.1. The van der Waals surface area contributed by atoms with Crippen LogP contribution in [0.2, 0.25) is 0 Å². The van der Waals surface area contributed by atoms with Crippen LogP contribution in [0.15, 0.2) is 68.6 Å². The highest BCUT2D eigenvalue weighted by Crippen LogP contribution is 2.21. The molecule has 0 aliphatic carbocycles. The van der Waals surface area contributed by atoms with Crippen LogP contribution in [0.1, 0.15) is 0 Å². The fraction of sp³-hybridized carbons (Fsp3) is 0. The van der Waals surface area contributed by atoms with Crippen molar-refractivity contribution in [2.45, 2.75) is 0 Å². The molecule has 0 bridgehead atoms. The molecule has 1 N–H and O–H groups in total. The molecule has 0 radical (unpaired) electrons. The zero-order valence-corrected chi connectivity index (χ0v) is 11.4. The van der Waals surface area contributed by atoms with E-state index in [9.17, 15) is 9.59 Å². The van der Waals surface area contributed by atoms with E-state index in [0.29, 0.717) is 22.3 Å². The normalized spacial score (nSPS) is 11.1. The third kappa shape index (κ3) is 2.00. The number of benzene rings is 2. The number of H-pyrrole nitrogens is 1. The van der Waals surface area contributed by atoms with Gasteiger partial charge in [0.2, 0.25) is 0 Å². The topological polar surface area (TPSA) is 76.0 Å². The number of nitrogens with zero attached hydrogens (tertiary/aromatic N) is 1. The fourth-order valence-corrected chi connectivity index (χ4v) is 2.44. The van der Waals surface area contributed by atoms with Gasteiger partial charge in [-0.1, -0.05) is 12.1 Å². The second-order valence-corrected chi connectivity index (χ2v) is 4.94. The molecule has 0 amide bonds. The van der Waals surface area contributed by atoms with Crippen molar-refractivity contribution >= 4 is 21.9 Å². The molecule has 0 saturated heterocycles. The van der Waals surface area contributed by atoms with Crippen molar-refractivity contribution < 1.29 is 4.42 Å². The minimum absolute atomic E-state index is 0.180. The standard InChI is InChI=1S/C17H10N2O3/c20-15-8-6-10-9-11(5-7-14(10)22-15)16-18-13-4-2-1-3-12(13)17(21)19-16/h1-9H,(H,18,19,21). The van der Waals surface area contributed by atoms with E-state index in [0.717, 1.165) is 10.9 Å². The van der Waals surface area contributed by atoms with Gasteiger partial charge in [0.05, 0.1) is 10.9 Å². The summed E-state index contributed by atoms with van der Waals surface area (Å²) in [5, 5.41) is 1.32. The molecular weight excluding hydrogens is 280 g/mol. The molecule has 0 aliphatic heterocycles. The second-order valence-electron chi connectivity index (χ2n) is 4.94. The van der Waals surface area contributed by atoms with Gasteiger partial charge in [-0.25, -0.2) is 9.78 Å². The highest BCUT2D eigenvalue weighted by Gasteiger charge is 2.07. The van der Waals surface area contributed by atoms with Crippen LogP contribution in [0.4, 0.5) is 0 Å². The summed E-state index contributed by atoms with van der Waals surface area (Å²) in [5.41, 5.74) is 1.32. The summed E-state index contributed by atoms with van der Waals surface area (Å²) >= 11 is 0. The number of aromatic nitrogens is 2. The zero-order chi connectivity index (χ0) is 15.1. The molecular formula is C17H10N2O3. The molecule has 2 aromatic carbocycles. The Hall–Kier alpha value is -3.21. The average molecular weight is 290 g/mol. The maximum atomic E-state index is 12.1. The lowest BCUT2D eigenvalue weighted by molar-refractivity contribution is 0.561. The zero-order valence-electron chi connectivity index (χ0n) is 11.4. The van der Waals surface area contributed by atoms with Gasteiger partial charge in [0.25, 0.3) is 5.56 Å². The molecule has 0 aliphatic rings. The highest BCUT2D eigenvalue weighted by molar-refractivity contribution is 5.83. The van der Waals surface area contributed by atoms with Crippen molar-refractivity contribution in [3.63, 3.8) is 0 Å². The summed E-state index contributed by atoms with van der Waals surface area (Å²) in [6.45, 7) is 0. The van der Waals surface area contributed by atoms with Crippen LogP contribution in [-0.4, -0.2) is 9.97 Å². The van der Waals surface area contributed by atoms with Crippen LogP contribution in [-0.2, 0) is 0 Å². The first-order chi connectivity index (χ1) is 10.7. The molecule has 22 heavy (non-hydrogen) atoms. The predicted molar refractivity (Wildman–Crippen MR) is 83.8 cm³/mol. The van der Waals surface area contributed by atoms with Crippen LogP contribution in [0, 0.1) is 0 Å². The summed E-state index contributed by atoms with van der Waals surface area (Å²) in [5.74, 6) is 0.483. The van der Waals surface area contributed by atoms with Crippen molar-refractivity contribution in [2.75, 3.05) is 0 Å². The Balaban J connectivity index is 1.96. The highest BCUT2D eigenvalue weighted by atomic mass is 16.4. The van der Waals surface area contributed by atoms with E-state index < -0.39 is 5.63 Å². The molecule has 0 fully saturated rings. The van der Waals surface area contributed by atoms with Crippen molar-refractivity contribution in [1.29, 1.82) is 0 Å². The maximum Gasteiger partial charge on any atom is 0.336 e. The summed E-state index contributed by atoms with van der Waals surface area (Å²) in [4.78, 5) is 30.6. The van der Waals surface area contributed by atoms with Crippen LogP contribution in [0.3, 0.4) is 0 Å². The van der Waals surface area contributed by atoms with E-state index >= 15 is 0 Å². The number of aromatic amines is 1. The number of fused-ring (bicyclic) bond motifs is 2. The lowest BCUT2D eigenvalue weighted by Crippen LogP contribution is -2.09. The van der Waals surface area contributed by atoms with Gasteiger partial charge >= 0.3 is 5.63 Å². The molecule has 5 nitrogen and oxygen atoms in total. The molecule has 2 aromatic heterocycles. The number of hydrogen-bond donors (Lipinski definition) is 1. The van der Waals surface area contributed by atoms with E-state index in [2.05, 4.69) is 9.97 Å². The molecule has 0 saturated carbocycles. The van der Waals surface area contributed by atoms with Gasteiger partial charge in [-0.15, -0.1) is 0 Å². The molecule has 0 unspecified atom stereocenters. The second kappa shape index (κ2) is 4.66. The largest absolute Gasteiger partial charge is 0.423 e. The van der Waals surface area contributed by atoms with Gasteiger partial charge in [-0.2, -0.15) is 0 Å². The van der Waals surface area contributed by atoms with E-state index in [1.807, 2.05) is 12.1 Å². The third-order valence-corrected chi connectivity index (χ3v) is 3.51. The Bertz CT molecular complexity index is 1130. The molecule has 2 heterocycles. The van der Waals surface area contributed by atoms with E-state index in [1.54, 1.807) is 36.4 Å². The lowest BCUT2D eigenvalue weighted by atomic mass is 10.1. The van der Waals surface area contributed by atoms with Gasteiger partial charge in [0.1, 0.15) is 11.4 Å². The molecule has 0 atom stereocenters. The fourth-order valence-electron chi connectivity index (χ4n) is 2.44. The first kappa shape index (κ1) is 12.5. The molecule has 4 aromatic rings. The van der Waals surface area contributed by atoms with Gasteiger partial charge < -0.3 is 9.40 Å². The predicted octanol–water partition coefficient (Wildman–Crippen LogP) is 2.70. The van der Waals surface area contributed by atoms with E-state index in [-0.39, 0.29) is 5.56 Å². The van der Waals surface area contributed by atoms with Crippen LogP contribution in [0.25, 0.3) is 33.3 Å². The van der Waals surface area contributed by atoms with Gasteiger partial charge in [0.15, 0.2) is 0 Å². The first-order valence-electron chi connectivity index (χ1n) is 6.74. The molecule has 0 spiro atoms. The quantitative estimate of drug-likeness (QED) is 0.547. The number of para-hydroxylation sites is 1. The summed E-state index contributed by atoms with van der Waals surface area (Å²) in [7, 11) is 0. The summed E-state index contributed by atoms with van der Waals surface area (Å²) in [6, 6.07) is 15.5.